The molecule has 0 aromatic heterocycles. The van der Waals surface area contributed by atoms with Crippen LogP contribution in [0.5, 0.6) is 0 Å². The monoisotopic (exact) mass is 258 g/mol. The van der Waals surface area contributed by atoms with Crippen molar-refractivity contribution in [2.75, 3.05) is 26.2 Å². The maximum absolute atomic E-state index is 3.47. The third-order valence-corrected chi connectivity index (χ3v) is 4.87. The zero-order valence-corrected chi connectivity index (χ0v) is 12.1. The van der Waals surface area contributed by atoms with Gasteiger partial charge in [0.1, 0.15) is 0 Å². The van der Waals surface area contributed by atoms with Gasteiger partial charge in [-0.25, -0.2) is 0 Å². The van der Waals surface area contributed by atoms with Crippen molar-refractivity contribution in [3.05, 3.63) is 35.4 Å². The summed E-state index contributed by atoms with van der Waals surface area (Å²) in [5.74, 6) is 0.790. The van der Waals surface area contributed by atoms with Crippen molar-refractivity contribution in [3.8, 4) is 0 Å². The highest BCUT2D eigenvalue weighted by molar-refractivity contribution is 5.25. The molecule has 0 radical (unpaired) electrons. The summed E-state index contributed by atoms with van der Waals surface area (Å²) < 4.78 is 0. The number of piperidine rings is 2. The van der Waals surface area contributed by atoms with Crippen LogP contribution in [0.4, 0.5) is 0 Å². The van der Waals surface area contributed by atoms with E-state index in [0.29, 0.717) is 0 Å². The fourth-order valence-corrected chi connectivity index (χ4v) is 3.69. The number of nitrogens with one attached hydrogen (secondary N) is 1. The van der Waals surface area contributed by atoms with Gasteiger partial charge in [-0.2, -0.15) is 0 Å². The molecule has 0 unspecified atom stereocenters. The van der Waals surface area contributed by atoms with E-state index in [0.717, 1.165) is 12.0 Å². The van der Waals surface area contributed by atoms with Gasteiger partial charge in [-0.3, -0.25) is 0 Å². The topological polar surface area (TPSA) is 15.3 Å². The molecule has 2 saturated heterocycles. The van der Waals surface area contributed by atoms with Crippen molar-refractivity contribution in [3.63, 3.8) is 0 Å². The van der Waals surface area contributed by atoms with Crippen molar-refractivity contribution < 1.29 is 0 Å². The Labute approximate surface area is 117 Å². The van der Waals surface area contributed by atoms with E-state index in [2.05, 4.69) is 41.4 Å². The predicted molar refractivity (Wildman–Crippen MR) is 80.6 cm³/mol. The minimum absolute atomic E-state index is 0.790. The van der Waals surface area contributed by atoms with Crippen LogP contribution >= 0.6 is 0 Å². The maximum Gasteiger partial charge on any atom is 0.0119 e. The van der Waals surface area contributed by atoms with Crippen LogP contribution in [0.15, 0.2) is 24.3 Å². The molecule has 2 heteroatoms. The number of rotatable bonds is 2. The average Bonchev–Trinajstić information content (AvgIpc) is 2.48. The smallest absolute Gasteiger partial charge is 0.0119 e. The average molecular weight is 258 g/mol. The van der Waals surface area contributed by atoms with Gasteiger partial charge in [0.2, 0.25) is 0 Å². The lowest BCUT2D eigenvalue weighted by Gasteiger charge is -2.39. The van der Waals surface area contributed by atoms with Gasteiger partial charge < -0.3 is 10.2 Å². The van der Waals surface area contributed by atoms with Gasteiger partial charge in [-0.05, 0) is 70.3 Å². The van der Waals surface area contributed by atoms with Crippen molar-refractivity contribution in [1.29, 1.82) is 0 Å². The Balaban J connectivity index is 1.57. The zero-order valence-electron chi connectivity index (χ0n) is 12.1. The summed E-state index contributed by atoms with van der Waals surface area (Å²) in [4.78, 5) is 2.74. The lowest BCUT2D eigenvalue weighted by molar-refractivity contribution is 0.127. The third-order valence-electron chi connectivity index (χ3n) is 4.87. The Bertz CT molecular complexity index is 401. The van der Waals surface area contributed by atoms with Gasteiger partial charge >= 0.3 is 0 Å². The lowest BCUT2D eigenvalue weighted by atomic mass is 9.87. The quantitative estimate of drug-likeness (QED) is 0.877. The Morgan fingerprint density at radius 2 is 1.79 bits per heavy atom. The number of hydrogen-bond donors (Lipinski definition) is 1. The van der Waals surface area contributed by atoms with Crippen LogP contribution < -0.4 is 5.32 Å². The van der Waals surface area contributed by atoms with Crippen molar-refractivity contribution >= 4 is 0 Å². The lowest BCUT2D eigenvalue weighted by Crippen LogP contribution is -2.46. The fourth-order valence-electron chi connectivity index (χ4n) is 3.69. The van der Waals surface area contributed by atoms with E-state index in [-0.39, 0.29) is 0 Å². The molecule has 2 aliphatic heterocycles. The zero-order chi connectivity index (χ0) is 13.1. The van der Waals surface area contributed by atoms with Crippen LogP contribution in [-0.4, -0.2) is 37.1 Å². The van der Waals surface area contributed by atoms with Gasteiger partial charge in [0.05, 0.1) is 0 Å². The van der Waals surface area contributed by atoms with Gasteiger partial charge in [-0.1, -0.05) is 29.8 Å². The first-order chi connectivity index (χ1) is 9.33. The van der Waals surface area contributed by atoms with Crippen molar-refractivity contribution in [2.45, 2.75) is 44.6 Å². The first-order valence-corrected chi connectivity index (χ1v) is 7.84. The summed E-state index contributed by atoms with van der Waals surface area (Å²) in [5, 5.41) is 3.47. The van der Waals surface area contributed by atoms with E-state index in [1.54, 1.807) is 5.56 Å². The first kappa shape index (κ1) is 13.1. The Morgan fingerprint density at radius 1 is 1.05 bits per heavy atom. The van der Waals surface area contributed by atoms with E-state index in [4.69, 9.17) is 0 Å². The number of aryl methyl sites for hydroxylation is 1. The van der Waals surface area contributed by atoms with E-state index < -0.39 is 0 Å². The third kappa shape index (κ3) is 3.18. The molecule has 2 nitrogen and oxygen atoms in total. The summed E-state index contributed by atoms with van der Waals surface area (Å²) in [6.45, 7) is 7.21. The predicted octanol–water partition coefficient (Wildman–Crippen LogP) is 2.93. The van der Waals surface area contributed by atoms with Crippen LogP contribution in [0.1, 0.15) is 42.7 Å². The van der Waals surface area contributed by atoms with Gasteiger partial charge in [0.15, 0.2) is 0 Å². The molecule has 0 amide bonds. The molecule has 2 heterocycles. The van der Waals surface area contributed by atoms with Crippen molar-refractivity contribution in [2.24, 2.45) is 0 Å². The molecular weight excluding hydrogens is 232 g/mol. The van der Waals surface area contributed by atoms with Gasteiger partial charge in [0.25, 0.3) is 0 Å². The Morgan fingerprint density at radius 3 is 2.47 bits per heavy atom. The molecule has 0 atom stereocenters. The van der Waals surface area contributed by atoms with E-state index in [9.17, 15) is 0 Å². The molecule has 1 aromatic rings. The van der Waals surface area contributed by atoms with Gasteiger partial charge in [0, 0.05) is 6.04 Å². The second-order valence-corrected chi connectivity index (χ2v) is 6.21. The minimum Gasteiger partial charge on any atom is -0.317 e. The molecule has 3 rings (SSSR count). The number of nitrogens with zero attached hydrogens (tertiary/aromatic N) is 1. The van der Waals surface area contributed by atoms with E-state index >= 15 is 0 Å². The Kier molecular flexibility index (Phi) is 4.19. The van der Waals surface area contributed by atoms with Crippen LogP contribution in [-0.2, 0) is 0 Å². The van der Waals surface area contributed by atoms with Crippen LogP contribution in [0.3, 0.4) is 0 Å². The fraction of sp³-hybridized carbons (Fsp3) is 0.647. The SMILES string of the molecule is Cc1cccc(C2CCN(C3CCNCC3)CC2)c1. The highest BCUT2D eigenvalue weighted by Gasteiger charge is 2.26. The molecule has 104 valence electrons. The summed E-state index contributed by atoms with van der Waals surface area (Å²) in [5.41, 5.74) is 2.96. The highest BCUT2D eigenvalue weighted by Crippen LogP contribution is 2.30. The normalized spacial score (nSPS) is 23.6. The molecule has 2 fully saturated rings. The second-order valence-electron chi connectivity index (χ2n) is 6.21. The number of benzene rings is 1. The van der Waals surface area contributed by atoms with Crippen LogP contribution in [0, 0.1) is 6.92 Å². The molecule has 0 bridgehead atoms. The largest absolute Gasteiger partial charge is 0.317 e. The summed E-state index contributed by atoms with van der Waals surface area (Å²) in [7, 11) is 0. The van der Waals surface area contributed by atoms with Crippen LogP contribution in [0.2, 0.25) is 0 Å². The molecule has 0 spiro atoms. The maximum atomic E-state index is 3.47. The van der Waals surface area contributed by atoms with Crippen molar-refractivity contribution in [1.82, 2.24) is 10.2 Å². The molecule has 0 saturated carbocycles. The summed E-state index contributed by atoms with van der Waals surface area (Å²) in [6.07, 6.45) is 5.37. The summed E-state index contributed by atoms with van der Waals surface area (Å²) in [6, 6.07) is 9.96. The molecule has 19 heavy (non-hydrogen) atoms. The minimum atomic E-state index is 0.790. The van der Waals surface area contributed by atoms with Crippen LogP contribution in [0.25, 0.3) is 0 Å². The Hall–Kier alpha value is -0.860. The van der Waals surface area contributed by atoms with Gasteiger partial charge in [-0.15, -0.1) is 0 Å². The first-order valence-electron chi connectivity index (χ1n) is 7.84. The molecular formula is C17H26N2. The number of likely N-dealkylation sites (tertiary alicyclic amines) is 1. The molecule has 1 N–H and O–H groups in total. The van der Waals surface area contributed by atoms with E-state index in [1.807, 2.05) is 0 Å². The second kappa shape index (κ2) is 6.06. The molecule has 2 aliphatic rings. The summed E-state index contributed by atoms with van der Waals surface area (Å²) >= 11 is 0. The van der Waals surface area contributed by atoms with E-state index in [1.165, 1.54) is 57.4 Å². The highest BCUT2D eigenvalue weighted by atomic mass is 15.2. The number of hydrogen-bond acceptors (Lipinski definition) is 2. The standard InChI is InChI=1S/C17H26N2/c1-14-3-2-4-16(13-14)15-7-11-19(12-8-15)17-5-9-18-10-6-17/h2-4,13,15,17-18H,5-12H2,1H3. The molecule has 1 aromatic carbocycles. The molecule has 0 aliphatic carbocycles.